The maximum absolute atomic E-state index is 5.74. The van der Waals surface area contributed by atoms with Crippen molar-refractivity contribution in [3.8, 4) is 33.8 Å². The number of para-hydroxylation sites is 2. The summed E-state index contributed by atoms with van der Waals surface area (Å²) in [4.78, 5) is 11.5. The van der Waals surface area contributed by atoms with Crippen LogP contribution in [-0.4, -0.2) is 0 Å². The van der Waals surface area contributed by atoms with E-state index in [-0.39, 0.29) is 0 Å². The Morgan fingerprint density at radius 2 is 0.692 bits per heavy atom. The molecule has 0 unspecified atom stereocenters. The van der Waals surface area contributed by atoms with Gasteiger partial charge in [0.15, 0.2) is 11.5 Å². The van der Waals surface area contributed by atoms with E-state index in [4.69, 9.17) is 9.78 Å². The van der Waals surface area contributed by atoms with Crippen molar-refractivity contribution in [1.29, 1.82) is 0 Å². The van der Waals surface area contributed by atoms with Crippen molar-refractivity contribution < 1.29 is 9.78 Å². The lowest BCUT2D eigenvalue weighted by atomic mass is 10.1. The van der Waals surface area contributed by atoms with Crippen LogP contribution in [0.4, 0.5) is 0 Å². The summed E-state index contributed by atoms with van der Waals surface area (Å²) in [5.74, 6) is 1.36. The molecule has 0 aliphatic rings. The van der Waals surface area contributed by atoms with Gasteiger partial charge in [-0.05, 0) is 23.3 Å². The molecule has 0 atom stereocenters. The Hall–Kier alpha value is -3.52. The molecule has 0 aliphatic carbocycles. The monoisotopic (exact) mass is 338 g/mol. The predicted octanol–water partition coefficient (Wildman–Crippen LogP) is 6.39. The van der Waals surface area contributed by atoms with Crippen molar-refractivity contribution in [3.05, 3.63) is 109 Å². The lowest BCUT2D eigenvalue weighted by Crippen LogP contribution is -2.02. The molecule has 0 N–H and O–H groups in total. The lowest BCUT2D eigenvalue weighted by molar-refractivity contribution is -0.0987. The van der Waals surface area contributed by atoms with Crippen molar-refractivity contribution in [2.45, 2.75) is 0 Å². The fourth-order valence-corrected chi connectivity index (χ4v) is 2.88. The number of rotatable bonds is 5. The third kappa shape index (κ3) is 3.45. The second-order valence-electron chi connectivity index (χ2n) is 5.89. The summed E-state index contributed by atoms with van der Waals surface area (Å²) in [5.41, 5.74) is 4.15. The Morgan fingerprint density at radius 3 is 1.12 bits per heavy atom. The van der Waals surface area contributed by atoms with Crippen molar-refractivity contribution in [1.82, 2.24) is 0 Å². The highest BCUT2D eigenvalue weighted by Gasteiger charge is 2.10. The van der Waals surface area contributed by atoms with Gasteiger partial charge in [0, 0.05) is 11.1 Å². The van der Waals surface area contributed by atoms with Crippen LogP contribution >= 0.6 is 0 Å². The van der Waals surface area contributed by atoms with Crippen molar-refractivity contribution in [2.24, 2.45) is 0 Å². The van der Waals surface area contributed by atoms with Gasteiger partial charge in [0.25, 0.3) is 0 Å². The fourth-order valence-electron chi connectivity index (χ4n) is 2.88. The molecule has 4 aromatic carbocycles. The normalized spacial score (nSPS) is 10.3. The summed E-state index contributed by atoms with van der Waals surface area (Å²) in [7, 11) is 0. The van der Waals surface area contributed by atoms with Gasteiger partial charge in [0.1, 0.15) is 0 Å². The minimum absolute atomic E-state index is 0.682. The summed E-state index contributed by atoms with van der Waals surface area (Å²) < 4.78 is 0. The third-order valence-electron chi connectivity index (χ3n) is 4.16. The molecular weight excluding hydrogens is 320 g/mol. The molecule has 4 aromatic rings. The lowest BCUT2D eigenvalue weighted by Gasteiger charge is -2.13. The number of hydrogen-bond donors (Lipinski definition) is 0. The van der Waals surface area contributed by atoms with E-state index in [0.29, 0.717) is 11.5 Å². The summed E-state index contributed by atoms with van der Waals surface area (Å²) in [6, 6.07) is 36.0. The molecule has 0 bridgehead atoms. The van der Waals surface area contributed by atoms with Crippen LogP contribution in [0.25, 0.3) is 22.3 Å². The van der Waals surface area contributed by atoms with Crippen LogP contribution in [0.15, 0.2) is 109 Å². The molecule has 26 heavy (non-hydrogen) atoms. The van der Waals surface area contributed by atoms with Gasteiger partial charge in [-0.15, -0.1) is 0 Å². The molecule has 0 spiro atoms. The van der Waals surface area contributed by atoms with Crippen LogP contribution in [0.2, 0.25) is 0 Å². The molecule has 0 aromatic heterocycles. The first kappa shape index (κ1) is 16.0. The van der Waals surface area contributed by atoms with E-state index in [1.54, 1.807) is 0 Å². The van der Waals surface area contributed by atoms with Gasteiger partial charge in [-0.1, -0.05) is 97.1 Å². The van der Waals surface area contributed by atoms with E-state index in [1.807, 2.05) is 84.9 Å². The van der Waals surface area contributed by atoms with E-state index in [0.717, 1.165) is 22.3 Å². The summed E-state index contributed by atoms with van der Waals surface area (Å²) >= 11 is 0. The highest BCUT2D eigenvalue weighted by Crippen LogP contribution is 2.33. The minimum atomic E-state index is 0.682. The maximum atomic E-state index is 5.74. The zero-order valence-corrected chi connectivity index (χ0v) is 14.2. The number of hydrogen-bond acceptors (Lipinski definition) is 2. The van der Waals surface area contributed by atoms with Crippen LogP contribution in [0.5, 0.6) is 11.5 Å². The van der Waals surface area contributed by atoms with Crippen LogP contribution in [0, 0.1) is 0 Å². The average Bonchev–Trinajstić information content (AvgIpc) is 2.74. The molecule has 126 valence electrons. The molecular formula is C24H18O2. The summed E-state index contributed by atoms with van der Waals surface area (Å²) in [6.45, 7) is 0. The molecule has 0 heterocycles. The van der Waals surface area contributed by atoms with Crippen molar-refractivity contribution >= 4 is 0 Å². The Labute approximate surface area is 153 Å². The van der Waals surface area contributed by atoms with E-state index < -0.39 is 0 Å². The van der Waals surface area contributed by atoms with Gasteiger partial charge in [-0.3, -0.25) is 9.78 Å². The minimum Gasteiger partial charge on any atom is -0.289 e. The second-order valence-corrected chi connectivity index (χ2v) is 5.89. The van der Waals surface area contributed by atoms with Crippen molar-refractivity contribution in [2.75, 3.05) is 0 Å². The first-order valence-electron chi connectivity index (χ1n) is 8.55. The van der Waals surface area contributed by atoms with Crippen LogP contribution in [0.1, 0.15) is 0 Å². The zero-order valence-electron chi connectivity index (χ0n) is 14.2. The maximum Gasteiger partial charge on any atom is 0.186 e. The molecule has 0 aliphatic heterocycles. The third-order valence-corrected chi connectivity index (χ3v) is 4.16. The average molecular weight is 338 g/mol. The second kappa shape index (κ2) is 7.58. The van der Waals surface area contributed by atoms with Gasteiger partial charge in [0.2, 0.25) is 0 Å². The van der Waals surface area contributed by atoms with Crippen LogP contribution in [-0.2, 0) is 0 Å². The quantitative estimate of drug-likeness (QED) is 0.310. The van der Waals surface area contributed by atoms with Gasteiger partial charge >= 0.3 is 0 Å². The summed E-state index contributed by atoms with van der Waals surface area (Å²) in [6.07, 6.45) is 0. The highest BCUT2D eigenvalue weighted by atomic mass is 17.2. The van der Waals surface area contributed by atoms with Gasteiger partial charge in [-0.25, -0.2) is 0 Å². The van der Waals surface area contributed by atoms with Gasteiger partial charge in [0.05, 0.1) is 0 Å². The Morgan fingerprint density at radius 1 is 0.346 bits per heavy atom. The molecule has 0 radical (unpaired) electrons. The fraction of sp³-hybridized carbons (Fsp3) is 0. The van der Waals surface area contributed by atoms with E-state index >= 15 is 0 Å². The molecule has 0 amide bonds. The smallest absolute Gasteiger partial charge is 0.186 e. The summed E-state index contributed by atoms with van der Waals surface area (Å²) in [5, 5.41) is 0. The first-order chi connectivity index (χ1) is 12.9. The van der Waals surface area contributed by atoms with E-state index in [9.17, 15) is 0 Å². The molecule has 2 heteroatoms. The Kier molecular flexibility index (Phi) is 4.66. The van der Waals surface area contributed by atoms with E-state index in [1.165, 1.54) is 0 Å². The number of benzene rings is 4. The SMILES string of the molecule is c1ccc(-c2ccccc2OOc2ccccc2-c2ccccc2)cc1. The molecule has 0 saturated heterocycles. The van der Waals surface area contributed by atoms with Crippen molar-refractivity contribution in [3.63, 3.8) is 0 Å². The topological polar surface area (TPSA) is 18.5 Å². The van der Waals surface area contributed by atoms with Crippen LogP contribution < -0.4 is 9.78 Å². The molecule has 4 rings (SSSR count). The predicted molar refractivity (Wildman–Crippen MR) is 105 cm³/mol. The largest absolute Gasteiger partial charge is 0.289 e. The standard InChI is InChI=1S/C24H18O2/c1-3-11-19(12-4-1)21-15-7-9-17-23(21)25-26-24-18-10-8-16-22(24)20-13-5-2-6-14-20/h1-18H. The molecule has 2 nitrogen and oxygen atoms in total. The zero-order chi connectivity index (χ0) is 17.6. The van der Waals surface area contributed by atoms with E-state index in [2.05, 4.69) is 24.3 Å². The Balaban J connectivity index is 1.62. The van der Waals surface area contributed by atoms with Crippen LogP contribution in [0.3, 0.4) is 0 Å². The molecule has 0 fully saturated rings. The molecule has 0 saturated carbocycles. The Bertz CT molecular complexity index is 896. The van der Waals surface area contributed by atoms with Gasteiger partial charge < -0.3 is 0 Å². The van der Waals surface area contributed by atoms with Gasteiger partial charge in [-0.2, -0.15) is 0 Å². The highest BCUT2D eigenvalue weighted by molar-refractivity contribution is 5.71. The first-order valence-corrected chi connectivity index (χ1v) is 8.55.